The van der Waals surface area contributed by atoms with Crippen molar-refractivity contribution in [1.82, 2.24) is 5.32 Å². The minimum Gasteiger partial charge on any atom is -0.481 e. The number of hydrogen-bond donors (Lipinski definition) is 3. The van der Waals surface area contributed by atoms with Gasteiger partial charge < -0.3 is 20.5 Å². The van der Waals surface area contributed by atoms with Gasteiger partial charge in [0.05, 0.1) is 12.7 Å². The highest BCUT2D eigenvalue weighted by molar-refractivity contribution is 5.93. The second-order valence-electron chi connectivity index (χ2n) is 9.70. The third-order valence-electron chi connectivity index (χ3n) is 7.06. The fraction of sp³-hybridized carbons (Fsp3) is 0.483. The number of esters is 1. The zero-order valence-corrected chi connectivity index (χ0v) is 21.1. The normalized spacial score (nSPS) is 18.2. The molecular formula is C29H38N2O5. The summed E-state index contributed by atoms with van der Waals surface area (Å²) in [6.45, 7) is 0.680. The Morgan fingerprint density at radius 1 is 1.03 bits per heavy atom. The zero-order valence-electron chi connectivity index (χ0n) is 21.1. The predicted octanol–water partition coefficient (Wildman–Crippen LogP) is 5.06. The molecule has 3 unspecified atom stereocenters. The number of amides is 1. The molecule has 0 spiro atoms. The monoisotopic (exact) mass is 494 g/mol. The van der Waals surface area contributed by atoms with Crippen molar-refractivity contribution >= 4 is 23.5 Å². The van der Waals surface area contributed by atoms with Gasteiger partial charge >= 0.3 is 11.9 Å². The van der Waals surface area contributed by atoms with Gasteiger partial charge in [0.2, 0.25) is 5.91 Å². The van der Waals surface area contributed by atoms with Crippen LogP contribution in [0.25, 0.3) is 0 Å². The minimum absolute atomic E-state index is 0.0447. The van der Waals surface area contributed by atoms with Crippen molar-refractivity contribution < 1.29 is 24.2 Å². The first-order valence-electron chi connectivity index (χ1n) is 12.9. The van der Waals surface area contributed by atoms with Crippen LogP contribution in [-0.4, -0.2) is 42.6 Å². The molecule has 0 radical (unpaired) electrons. The molecule has 194 valence electrons. The van der Waals surface area contributed by atoms with Crippen LogP contribution < -0.4 is 10.6 Å². The van der Waals surface area contributed by atoms with Crippen molar-refractivity contribution in [2.24, 2.45) is 11.8 Å². The Balaban J connectivity index is 1.47. The lowest BCUT2D eigenvalue weighted by Gasteiger charge is -2.33. The second-order valence-corrected chi connectivity index (χ2v) is 9.70. The molecule has 3 atom stereocenters. The molecule has 7 nitrogen and oxygen atoms in total. The summed E-state index contributed by atoms with van der Waals surface area (Å²) < 4.78 is 4.70. The van der Waals surface area contributed by atoms with Crippen molar-refractivity contribution in [3.8, 4) is 0 Å². The van der Waals surface area contributed by atoms with Crippen LogP contribution in [0.3, 0.4) is 0 Å². The van der Waals surface area contributed by atoms with E-state index in [4.69, 9.17) is 4.74 Å². The standard InChI is InChI=1S/C29H38N2O5/c1-36-29(35)24-13-16-25(17-14-24)31-27(32)18-15-23-9-5-6-10-26(23)30-20-22(19-28(33)34)12-11-21-7-3-2-4-8-21/h2-4,7-8,13-14,16-17,22-23,26,30H,5-6,9-12,15,18-20H2,1H3,(H,31,32)(H,33,34). The Hall–Kier alpha value is -3.19. The number of rotatable bonds is 13. The molecule has 1 fully saturated rings. The lowest BCUT2D eigenvalue weighted by atomic mass is 9.81. The highest BCUT2D eigenvalue weighted by atomic mass is 16.5. The van der Waals surface area contributed by atoms with Gasteiger partial charge in [0.25, 0.3) is 0 Å². The van der Waals surface area contributed by atoms with E-state index in [2.05, 4.69) is 22.8 Å². The average molecular weight is 495 g/mol. The summed E-state index contributed by atoms with van der Waals surface area (Å²) in [5, 5.41) is 16.0. The highest BCUT2D eigenvalue weighted by Gasteiger charge is 2.26. The number of anilines is 1. The minimum atomic E-state index is -0.758. The number of aryl methyl sites for hydroxylation is 1. The molecule has 0 bridgehead atoms. The molecule has 1 aliphatic rings. The fourth-order valence-electron chi connectivity index (χ4n) is 5.03. The number of ether oxygens (including phenoxy) is 1. The number of carbonyl (C=O) groups excluding carboxylic acids is 2. The van der Waals surface area contributed by atoms with E-state index in [1.807, 2.05) is 18.2 Å². The number of carbonyl (C=O) groups is 3. The lowest BCUT2D eigenvalue weighted by Crippen LogP contribution is -2.41. The maximum atomic E-state index is 12.6. The van der Waals surface area contributed by atoms with Gasteiger partial charge in [-0.05, 0) is 80.3 Å². The molecule has 1 saturated carbocycles. The Bertz CT molecular complexity index is 977. The Labute approximate surface area is 213 Å². The number of aliphatic carboxylic acids is 1. The summed E-state index contributed by atoms with van der Waals surface area (Å²) >= 11 is 0. The summed E-state index contributed by atoms with van der Waals surface area (Å²) in [5.41, 5.74) is 2.33. The summed E-state index contributed by atoms with van der Waals surface area (Å²) in [4.78, 5) is 35.6. The first-order valence-corrected chi connectivity index (χ1v) is 12.9. The molecule has 0 heterocycles. The van der Waals surface area contributed by atoms with Crippen LogP contribution in [0.5, 0.6) is 0 Å². The average Bonchev–Trinajstić information content (AvgIpc) is 2.89. The largest absolute Gasteiger partial charge is 0.481 e. The predicted molar refractivity (Wildman–Crippen MR) is 140 cm³/mol. The van der Waals surface area contributed by atoms with Gasteiger partial charge in [-0.1, -0.05) is 43.2 Å². The van der Waals surface area contributed by atoms with Gasteiger partial charge in [0.1, 0.15) is 0 Å². The first kappa shape index (κ1) is 27.4. The lowest BCUT2D eigenvalue weighted by molar-refractivity contribution is -0.138. The number of carboxylic acid groups (broad SMARTS) is 1. The summed E-state index contributed by atoms with van der Waals surface area (Å²) in [6, 6.07) is 17.2. The van der Waals surface area contributed by atoms with Crippen molar-refractivity contribution in [3.63, 3.8) is 0 Å². The van der Waals surface area contributed by atoms with Crippen LogP contribution in [-0.2, 0) is 20.7 Å². The smallest absolute Gasteiger partial charge is 0.337 e. The Morgan fingerprint density at radius 3 is 2.44 bits per heavy atom. The van der Waals surface area contributed by atoms with Crippen LogP contribution in [0.4, 0.5) is 5.69 Å². The van der Waals surface area contributed by atoms with Gasteiger partial charge in [-0.25, -0.2) is 4.79 Å². The molecule has 2 aromatic rings. The maximum Gasteiger partial charge on any atom is 0.337 e. The SMILES string of the molecule is COC(=O)c1ccc(NC(=O)CCC2CCCCC2NCC(CCc2ccccc2)CC(=O)O)cc1. The molecule has 1 amide bonds. The van der Waals surface area contributed by atoms with Gasteiger partial charge in [-0.3, -0.25) is 9.59 Å². The molecule has 1 aliphatic carbocycles. The maximum absolute atomic E-state index is 12.6. The molecule has 0 aliphatic heterocycles. The molecule has 7 heteroatoms. The molecule has 0 saturated heterocycles. The first-order chi connectivity index (χ1) is 17.4. The van der Waals surface area contributed by atoms with Gasteiger partial charge in [0.15, 0.2) is 0 Å². The van der Waals surface area contributed by atoms with Crippen LogP contribution >= 0.6 is 0 Å². The molecule has 3 rings (SSSR count). The van der Waals surface area contributed by atoms with E-state index in [1.54, 1.807) is 24.3 Å². The highest BCUT2D eigenvalue weighted by Crippen LogP contribution is 2.29. The van der Waals surface area contributed by atoms with Crippen LogP contribution in [0.2, 0.25) is 0 Å². The summed E-state index contributed by atoms with van der Waals surface area (Å²) in [5.74, 6) is -0.746. The third kappa shape index (κ3) is 9.11. The van der Waals surface area contributed by atoms with Crippen molar-refractivity contribution in [3.05, 3.63) is 65.7 Å². The Morgan fingerprint density at radius 2 is 1.75 bits per heavy atom. The number of hydrogen-bond acceptors (Lipinski definition) is 5. The zero-order chi connectivity index (χ0) is 25.8. The van der Waals surface area contributed by atoms with Gasteiger partial charge in [0, 0.05) is 24.6 Å². The Kier molecular flexibility index (Phi) is 11.0. The van der Waals surface area contributed by atoms with E-state index in [0.29, 0.717) is 36.2 Å². The van der Waals surface area contributed by atoms with Crippen LogP contribution in [0.15, 0.2) is 54.6 Å². The summed E-state index contributed by atoms with van der Waals surface area (Å²) in [6.07, 6.45) is 7.52. The molecular weight excluding hydrogens is 456 g/mol. The van der Waals surface area contributed by atoms with Crippen LogP contribution in [0, 0.1) is 11.8 Å². The number of methoxy groups -OCH3 is 1. The molecule has 2 aromatic carbocycles. The van der Waals surface area contributed by atoms with E-state index >= 15 is 0 Å². The van der Waals surface area contributed by atoms with Crippen molar-refractivity contribution in [2.75, 3.05) is 19.0 Å². The van der Waals surface area contributed by atoms with E-state index in [1.165, 1.54) is 12.7 Å². The quantitative estimate of drug-likeness (QED) is 0.336. The number of benzene rings is 2. The van der Waals surface area contributed by atoms with E-state index in [9.17, 15) is 19.5 Å². The molecule has 3 N–H and O–H groups in total. The van der Waals surface area contributed by atoms with Crippen molar-refractivity contribution in [2.45, 2.75) is 63.8 Å². The van der Waals surface area contributed by atoms with Gasteiger partial charge in [-0.2, -0.15) is 0 Å². The topological polar surface area (TPSA) is 105 Å². The van der Waals surface area contributed by atoms with E-state index in [-0.39, 0.29) is 18.2 Å². The van der Waals surface area contributed by atoms with E-state index in [0.717, 1.165) is 44.9 Å². The van der Waals surface area contributed by atoms with Crippen molar-refractivity contribution in [1.29, 1.82) is 0 Å². The number of nitrogens with one attached hydrogen (secondary N) is 2. The summed E-state index contributed by atoms with van der Waals surface area (Å²) in [7, 11) is 1.34. The third-order valence-corrected chi connectivity index (χ3v) is 7.06. The van der Waals surface area contributed by atoms with Crippen LogP contribution in [0.1, 0.15) is 67.3 Å². The second kappa shape index (κ2) is 14.4. The molecule has 0 aromatic heterocycles. The van der Waals surface area contributed by atoms with E-state index < -0.39 is 11.9 Å². The fourth-order valence-corrected chi connectivity index (χ4v) is 5.03. The molecule has 36 heavy (non-hydrogen) atoms. The van der Waals surface area contributed by atoms with Gasteiger partial charge in [-0.15, -0.1) is 0 Å². The number of carboxylic acids is 1.